The number of para-hydroxylation sites is 2. The molecule has 0 saturated heterocycles. The van der Waals surface area contributed by atoms with E-state index in [1.165, 1.54) is 12.1 Å². The molecule has 6 nitrogen and oxygen atoms in total. The Bertz CT molecular complexity index is 4430. The maximum atomic E-state index is 15.0. The maximum Gasteiger partial charge on any atom is 0.416 e. The number of hydrogen-bond acceptors (Lipinski definition) is 2. The molecule has 0 N–H and O–H groups in total. The minimum absolute atomic E-state index is 0.0159. The number of aromatic nitrogens is 5. The lowest BCUT2D eigenvalue weighted by atomic mass is 10.1. The second kappa shape index (κ2) is 15.1. The van der Waals surface area contributed by atoms with Gasteiger partial charge in [-0.1, -0.05) is 95.1 Å². The summed E-state index contributed by atoms with van der Waals surface area (Å²) in [5, 5.41) is 18.1. The molecule has 5 aromatic heterocycles. The molecular weight excluding hydrogens is 919 g/mol. The predicted molar refractivity (Wildman–Crippen MR) is 275 cm³/mol. The highest BCUT2D eigenvalue weighted by atomic mass is 19.4. The molecule has 0 spiro atoms. The van der Waals surface area contributed by atoms with E-state index in [4.69, 9.17) is 4.98 Å². The van der Waals surface area contributed by atoms with E-state index in [0.29, 0.717) is 54.6 Å². The third kappa shape index (κ3) is 6.19. The van der Waals surface area contributed by atoms with Crippen LogP contribution in [-0.2, 0) is 12.4 Å². The van der Waals surface area contributed by atoms with Gasteiger partial charge in [0.2, 0.25) is 0 Å². The highest BCUT2D eigenvalue weighted by molar-refractivity contribution is 6.15. The number of nitrogens with zero attached hydrogens (tertiary/aromatic N) is 6. The van der Waals surface area contributed by atoms with E-state index in [0.717, 1.165) is 68.1 Å². The Morgan fingerprint density at radius 2 is 0.681 bits per heavy atom. The van der Waals surface area contributed by atoms with Crippen LogP contribution in [0.2, 0.25) is 0 Å². The molecule has 0 unspecified atom stereocenters. The van der Waals surface area contributed by atoms with Gasteiger partial charge >= 0.3 is 12.4 Å². The minimum Gasteiger partial charge on any atom is -0.305 e. The average Bonchev–Trinajstić information content (AvgIpc) is 4.06. The van der Waals surface area contributed by atoms with Crippen molar-refractivity contribution < 1.29 is 26.3 Å². The largest absolute Gasteiger partial charge is 0.416 e. The van der Waals surface area contributed by atoms with Crippen molar-refractivity contribution in [2.24, 2.45) is 0 Å². The standard InChI is InChI=1S/C60H38F6N6/c1-32-13-21-49-42(25-32)43-26-33(2)14-22-50(43)69(49)55-46(31-67)56(70-47-11-7-5-9-38(47)40-19-17-36(29-53(40)70)59(61,62)63)57(71-51-23-15-34(3)27-44(51)45-28-35(4)16-24-52(45)71)68-58(55)72-48-12-8-6-10-39(48)41-20-18-37(30-54(41)72)60(64,65)66/h5-30H,1-4H3. The lowest BCUT2D eigenvalue weighted by molar-refractivity contribution is -0.138. The smallest absolute Gasteiger partial charge is 0.305 e. The van der Waals surface area contributed by atoms with Crippen LogP contribution in [-0.4, -0.2) is 23.3 Å². The first-order chi connectivity index (χ1) is 34.6. The molecule has 0 saturated carbocycles. The van der Waals surface area contributed by atoms with Crippen LogP contribution >= 0.6 is 0 Å². The Labute approximate surface area is 406 Å². The van der Waals surface area contributed by atoms with E-state index in [1.807, 2.05) is 128 Å². The molecule has 0 atom stereocenters. The van der Waals surface area contributed by atoms with E-state index < -0.39 is 23.5 Å². The number of rotatable bonds is 4. The number of nitriles is 1. The van der Waals surface area contributed by atoms with Gasteiger partial charge in [-0.3, -0.25) is 9.13 Å². The van der Waals surface area contributed by atoms with Crippen LogP contribution in [0.1, 0.15) is 38.9 Å². The van der Waals surface area contributed by atoms with E-state index in [-0.39, 0.29) is 39.6 Å². The van der Waals surface area contributed by atoms with E-state index in [9.17, 15) is 31.6 Å². The van der Waals surface area contributed by atoms with Gasteiger partial charge in [-0.15, -0.1) is 0 Å². The highest BCUT2D eigenvalue weighted by Crippen LogP contribution is 2.47. The third-order valence-electron chi connectivity index (χ3n) is 14.2. The van der Waals surface area contributed by atoms with Crippen molar-refractivity contribution in [2.75, 3.05) is 0 Å². The number of aryl methyl sites for hydroxylation is 4. The molecular formula is C60H38F6N6. The number of alkyl halides is 6. The van der Waals surface area contributed by atoms with Crippen molar-refractivity contribution in [3.05, 3.63) is 197 Å². The number of pyridine rings is 1. The summed E-state index contributed by atoms with van der Waals surface area (Å²) < 4.78 is 97.1. The third-order valence-corrected chi connectivity index (χ3v) is 14.2. The van der Waals surface area contributed by atoms with Crippen molar-refractivity contribution in [3.8, 4) is 29.1 Å². The summed E-state index contributed by atoms with van der Waals surface area (Å²) in [6, 6.07) is 48.5. The zero-order valence-electron chi connectivity index (χ0n) is 39.0. The molecule has 0 bridgehead atoms. The molecule has 0 aliphatic carbocycles. The zero-order valence-corrected chi connectivity index (χ0v) is 39.0. The van der Waals surface area contributed by atoms with Gasteiger partial charge in [0.25, 0.3) is 0 Å². The van der Waals surface area contributed by atoms with Gasteiger partial charge in [-0.05, 0) is 113 Å². The number of hydrogen-bond donors (Lipinski definition) is 0. The number of fused-ring (bicyclic) bond motifs is 12. The molecule has 0 radical (unpaired) electrons. The maximum absolute atomic E-state index is 15.0. The van der Waals surface area contributed by atoms with Gasteiger partial charge in [0, 0.05) is 43.1 Å². The summed E-state index contributed by atoms with van der Waals surface area (Å²) in [7, 11) is 0. The summed E-state index contributed by atoms with van der Waals surface area (Å²) in [4.78, 5) is 5.78. The lowest BCUT2D eigenvalue weighted by Gasteiger charge is -2.24. The van der Waals surface area contributed by atoms with Gasteiger partial charge in [-0.2, -0.15) is 31.6 Å². The van der Waals surface area contributed by atoms with Gasteiger partial charge in [0.1, 0.15) is 23.0 Å². The number of benzene rings is 8. The van der Waals surface area contributed by atoms with Crippen LogP contribution < -0.4 is 0 Å². The van der Waals surface area contributed by atoms with Crippen molar-refractivity contribution in [2.45, 2.75) is 40.0 Å². The zero-order chi connectivity index (χ0) is 49.7. The Balaban J connectivity index is 1.35. The van der Waals surface area contributed by atoms with E-state index in [1.54, 1.807) is 15.2 Å². The van der Waals surface area contributed by atoms with Crippen molar-refractivity contribution >= 4 is 87.2 Å². The molecule has 12 heteroatoms. The summed E-state index contributed by atoms with van der Waals surface area (Å²) >= 11 is 0. The minimum atomic E-state index is -4.72. The van der Waals surface area contributed by atoms with Crippen LogP contribution in [0.3, 0.4) is 0 Å². The summed E-state index contributed by atoms with van der Waals surface area (Å²) in [5.41, 5.74) is 6.71. The summed E-state index contributed by atoms with van der Waals surface area (Å²) in [5.74, 6) is 0.296. The second-order valence-corrected chi connectivity index (χ2v) is 18.9. The molecule has 350 valence electrons. The quantitative estimate of drug-likeness (QED) is 0.165. The van der Waals surface area contributed by atoms with Crippen LogP contribution in [0.15, 0.2) is 158 Å². The van der Waals surface area contributed by atoms with Crippen molar-refractivity contribution in [1.82, 2.24) is 23.3 Å². The fourth-order valence-corrected chi connectivity index (χ4v) is 11.1. The first kappa shape index (κ1) is 43.2. The Morgan fingerprint density at radius 1 is 0.361 bits per heavy atom. The van der Waals surface area contributed by atoms with Crippen LogP contribution in [0.4, 0.5) is 26.3 Å². The molecule has 13 rings (SSSR count). The SMILES string of the molecule is Cc1ccc2c(c1)c1cc(C)ccc1n2-c1nc(-n2c3ccccc3c3ccc(C(F)(F)F)cc32)c(-n2c3ccc(C)cc3c3cc(C)ccc32)c(C#N)c1-n1c2ccccc2c2ccc(C(F)(F)F)cc21. The highest BCUT2D eigenvalue weighted by Gasteiger charge is 2.36. The monoisotopic (exact) mass is 956 g/mol. The Morgan fingerprint density at radius 3 is 1.08 bits per heavy atom. The van der Waals surface area contributed by atoms with Gasteiger partial charge in [0.05, 0.1) is 55.3 Å². The van der Waals surface area contributed by atoms with Crippen LogP contribution in [0, 0.1) is 39.0 Å². The van der Waals surface area contributed by atoms with E-state index in [2.05, 4.69) is 30.3 Å². The number of halogens is 6. The fourth-order valence-electron chi connectivity index (χ4n) is 11.1. The normalized spacial score (nSPS) is 12.6. The first-order valence-electron chi connectivity index (χ1n) is 23.3. The van der Waals surface area contributed by atoms with Gasteiger partial charge in [-0.25, -0.2) is 4.98 Å². The molecule has 0 amide bonds. The Hall–Kier alpha value is -8.82. The van der Waals surface area contributed by atoms with Crippen molar-refractivity contribution in [3.63, 3.8) is 0 Å². The molecule has 0 aliphatic rings. The summed E-state index contributed by atoms with van der Waals surface area (Å²) in [6.07, 6.45) is -9.44. The topological polar surface area (TPSA) is 56.4 Å². The van der Waals surface area contributed by atoms with Crippen LogP contribution in [0.25, 0.3) is 110 Å². The van der Waals surface area contributed by atoms with Crippen molar-refractivity contribution in [1.29, 1.82) is 5.26 Å². The predicted octanol–water partition coefficient (Wildman–Crippen LogP) is 16.6. The van der Waals surface area contributed by atoms with Gasteiger partial charge in [0.15, 0.2) is 11.6 Å². The molecule has 0 fully saturated rings. The van der Waals surface area contributed by atoms with Crippen LogP contribution in [0.5, 0.6) is 0 Å². The molecule has 72 heavy (non-hydrogen) atoms. The fraction of sp³-hybridized carbons (Fsp3) is 0.100. The second-order valence-electron chi connectivity index (χ2n) is 18.9. The lowest BCUT2D eigenvalue weighted by Crippen LogP contribution is -2.16. The average molecular weight is 957 g/mol. The molecule has 0 aliphatic heterocycles. The first-order valence-corrected chi connectivity index (χ1v) is 23.3. The van der Waals surface area contributed by atoms with Gasteiger partial charge < -0.3 is 9.13 Å². The molecule has 8 aromatic carbocycles. The molecule has 5 heterocycles. The molecule has 13 aromatic rings. The Kier molecular flexibility index (Phi) is 9.06. The summed E-state index contributed by atoms with van der Waals surface area (Å²) in [6.45, 7) is 7.96. The van der Waals surface area contributed by atoms with E-state index >= 15 is 0 Å².